The molecular formula is C28H37BrN2O4. The summed E-state index contributed by atoms with van der Waals surface area (Å²) in [6, 6.07) is 18.4. The highest BCUT2D eigenvalue weighted by atomic mass is 79.9. The summed E-state index contributed by atoms with van der Waals surface area (Å²) < 4.78 is 12.5. The maximum atomic E-state index is 13.2. The molecule has 1 heterocycles. The Labute approximate surface area is 217 Å². The van der Waals surface area contributed by atoms with Crippen LogP contribution in [0.1, 0.15) is 51.5 Å². The van der Waals surface area contributed by atoms with Crippen LogP contribution in [0.2, 0.25) is 0 Å². The summed E-state index contributed by atoms with van der Waals surface area (Å²) in [4.78, 5) is 17.5. The van der Waals surface area contributed by atoms with Crippen LogP contribution in [0.25, 0.3) is 0 Å². The van der Waals surface area contributed by atoms with E-state index < -0.39 is 11.7 Å². The lowest BCUT2D eigenvalue weighted by molar-refractivity contribution is 0.000850. The van der Waals surface area contributed by atoms with Crippen molar-refractivity contribution in [2.24, 2.45) is 0 Å². The number of amides is 1. The number of hydrogen-bond donors (Lipinski definition) is 1. The van der Waals surface area contributed by atoms with Crippen molar-refractivity contribution in [3.05, 3.63) is 64.6 Å². The smallest absolute Gasteiger partial charge is 0.410 e. The van der Waals surface area contributed by atoms with Gasteiger partial charge in [-0.05, 0) is 69.9 Å². The third kappa shape index (κ3) is 7.45. The molecule has 35 heavy (non-hydrogen) atoms. The van der Waals surface area contributed by atoms with Gasteiger partial charge in [0, 0.05) is 42.1 Å². The van der Waals surface area contributed by atoms with Crippen molar-refractivity contribution in [1.29, 1.82) is 0 Å². The summed E-state index contributed by atoms with van der Waals surface area (Å²) >= 11 is 3.41. The molecule has 1 unspecified atom stereocenters. The number of β-amino-alcohol motifs (C(OH)–C–C–N with tert-alkyl or cyclic N) is 1. The molecule has 4 rings (SSSR count). The maximum Gasteiger partial charge on any atom is 0.410 e. The Morgan fingerprint density at radius 3 is 2.40 bits per heavy atom. The Morgan fingerprint density at radius 1 is 1.11 bits per heavy atom. The van der Waals surface area contributed by atoms with Crippen molar-refractivity contribution in [3.63, 3.8) is 0 Å². The Morgan fingerprint density at radius 2 is 1.77 bits per heavy atom. The number of likely N-dealkylation sites (tertiary alicyclic amines) is 1. The van der Waals surface area contributed by atoms with Crippen LogP contribution >= 0.6 is 15.9 Å². The number of piperidine rings is 1. The molecule has 1 aliphatic carbocycles. The molecule has 0 radical (unpaired) electrons. The number of aliphatic hydroxyl groups is 1. The van der Waals surface area contributed by atoms with Gasteiger partial charge >= 0.3 is 6.09 Å². The predicted molar refractivity (Wildman–Crippen MR) is 141 cm³/mol. The van der Waals surface area contributed by atoms with E-state index in [0.29, 0.717) is 12.5 Å². The predicted octanol–water partition coefficient (Wildman–Crippen LogP) is 5.45. The first kappa shape index (κ1) is 26.0. The first-order valence-corrected chi connectivity index (χ1v) is 13.3. The van der Waals surface area contributed by atoms with Gasteiger partial charge in [-0.2, -0.15) is 0 Å². The highest BCUT2D eigenvalue weighted by Gasteiger charge is 2.48. The van der Waals surface area contributed by atoms with Gasteiger partial charge in [0.25, 0.3) is 0 Å². The van der Waals surface area contributed by atoms with Gasteiger partial charge in [0.2, 0.25) is 0 Å². The fraction of sp³-hybridized carbons (Fsp3) is 0.536. The topological polar surface area (TPSA) is 62.2 Å². The molecule has 1 aliphatic heterocycles. The van der Waals surface area contributed by atoms with Crippen molar-refractivity contribution < 1.29 is 19.4 Å². The molecular weight excluding hydrogens is 508 g/mol. The highest BCUT2D eigenvalue weighted by molar-refractivity contribution is 9.10. The van der Waals surface area contributed by atoms with Crippen molar-refractivity contribution in [3.8, 4) is 5.75 Å². The highest BCUT2D eigenvalue weighted by Crippen LogP contribution is 2.46. The SMILES string of the molecule is CC(C)(C)OC(=O)N(C1CCN(CC(O)COc2ccc(Br)cc2)CC1)[C@@H]1C[C@H]1c1ccccc1. The summed E-state index contributed by atoms with van der Waals surface area (Å²) in [7, 11) is 0. The Bertz CT molecular complexity index is 955. The fourth-order valence-electron chi connectivity index (χ4n) is 4.87. The van der Waals surface area contributed by atoms with Gasteiger partial charge < -0.3 is 24.4 Å². The van der Waals surface area contributed by atoms with Crippen molar-refractivity contribution in [1.82, 2.24) is 9.80 Å². The van der Waals surface area contributed by atoms with Gasteiger partial charge in [-0.15, -0.1) is 0 Å². The van der Waals surface area contributed by atoms with E-state index in [1.807, 2.05) is 56.0 Å². The summed E-state index contributed by atoms with van der Waals surface area (Å²) in [5.41, 5.74) is 0.768. The van der Waals surface area contributed by atoms with Crippen LogP contribution in [-0.2, 0) is 4.74 Å². The van der Waals surface area contributed by atoms with E-state index in [4.69, 9.17) is 9.47 Å². The van der Waals surface area contributed by atoms with Gasteiger partial charge in [-0.25, -0.2) is 4.79 Å². The van der Waals surface area contributed by atoms with Crippen molar-refractivity contribution in [2.75, 3.05) is 26.2 Å². The zero-order valence-electron chi connectivity index (χ0n) is 20.9. The average molecular weight is 546 g/mol. The normalized spacial score (nSPS) is 21.9. The standard InChI is InChI=1S/C28H37BrN2O4/c1-28(2,3)35-27(33)31(26-17-25(26)20-7-5-4-6-8-20)22-13-15-30(16-14-22)18-23(32)19-34-24-11-9-21(29)10-12-24/h4-12,22-23,25-26,32H,13-19H2,1-3H3/t23?,25-,26+/m0/s1. The zero-order valence-corrected chi connectivity index (χ0v) is 22.5. The number of benzene rings is 2. The van der Waals surface area contributed by atoms with Crippen LogP contribution in [0, 0.1) is 0 Å². The minimum absolute atomic E-state index is 0.149. The number of nitrogens with zero attached hydrogens (tertiary/aromatic N) is 2. The van der Waals surface area contributed by atoms with Gasteiger partial charge in [-0.3, -0.25) is 0 Å². The Hall–Kier alpha value is -2.09. The van der Waals surface area contributed by atoms with Crippen LogP contribution < -0.4 is 4.74 Å². The molecule has 190 valence electrons. The molecule has 0 spiro atoms. The summed E-state index contributed by atoms with van der Waals surface area (Å²) in [6.45, 7) is 8.25. The third-order valence-corrected chi connectivity index (χ3v) is 7.15. The van der Waals surface area contributed by atoms with E-state index in [9.17, 15) is 9.90 Å². The lowest BCUT2D eigenvalue weighted by Gasteiger charge is -2.40. The molecule has 2 aromatic carbocycles. The molecule has 3 atom stereocenters. The first-order chi connectivity index (χ1) is 16.7. The number of halogens is 1. The van der Waals surface area contributed by atoms with Gasteiger partial charge in [0.15, 0.2) is 0 Å². The molecule has 0 bridgehead atoms. The maximum absolute atomic E-state index is 13.2. The quantitative estimate of drug-likeness (QED) is 0.479. The summed E-state index contributed by atoms with van der Waals surface area (Å²) in [6.07, 6.45) is 1.95. The third-order valence-electron chi connectivity index (χ3n) is 6.62. The largest absolute Gasteiger partial charge is 0.491 e. The minimum Gasteiger partial charge on any atom is -0.491 e. The monoisotopic (exact) mass is 544 g/mol. The Kier molecular flexibility index (Phi) is 8.40. The fourth-order valence-corrected chi connectivity index (χ4v) is 5.14. The molecule has 1 saturated carbocycles. The molecule has 2 aromatic rings. The minimum atomic E-state index is -0.567. The van der Waals surface area contributed by atoms with Gasteiger partial charge in [0.1, 0.15) is 24.1 Å². The summed E-state index contributed by atoms with van der Waals surface area (Å²) in [5.74, 6) is 1.12. The molecule has 7 heteroatoms. The van der Waals surface area contributed by atoms with Crippen LogP contribution in [0.15, 0.2) is 59.1 Å². The lowest BCUT2D eigenvalue weighted by Crippen LogP contribution is -2.51. The summed E-state index contributed by atoms with van der Waals surface area (Å²) in [5, 5.41) is 10.5. The number of carbonyl (C=O) groups excluding carboxylic acids is 1. The number of carbonyl (C=O) groups is 1. The number of aliphatic hydroxyl groups excluding tert-OH is 1. The van der Waals surface area contributed by atoms with E-state index in [1.54, 1.807) is 0 Å². The van der Waals surface area contributed by atoms with Crippen LogP contribution in [0.4, 0.5) is 4.79 Å². The first-order valence-electron chi connectivity index (χ1n) is 12.5. The average Bonchev–Trinajstić information content (AvgIpc) is 3.60. The molecule has 1 saturated heterocycles. The number of ether oxygens (including phenoxy) is 2. The van der Waals surface area contributed by atoms with E-state index >= 15 is 0 Å². The second-order valence-corrected chi connectivity index (χ2v) is 11.6. The van der Waals surface area contributed by atoms with Crippen LogP contribution in [0.3, 0.4) is 0 Å². The van der Waals surface area contributed by atoms with Gasteiger partial charge in [0.05, 0.1) is 0 Å². The molecule has 1 N–H and O–H groups in total. The zero-order chi connectivity index (χ0) is 25.0. The molecule has 0 aromatic heterocycles. The second-order valence-electron chi connectivity index (χ2n) is 10.7. The van der Waals surface area contributed by atoms with Crippen LogP contribution in [0.5, 0.6) is 5.75 Å². The molecule has 2 aliphatic rings. The lowest BCUT2D eigenvalue weighted by atomic mass is 10.0. The number of rotatable bonds is 8. The van der Waals surface area contributed by atoms with E-state index in [0.717, 1.165) is 42.6 Å². The Balaban J connectivity index is 1.31. The molecule has 2 fully saturated rings. The molecule has 1 amide bonds. The van der Waals surface area contributed by atoms with Crippen molar-refractivity contribution in [2.45, 2.75) is 69.7 Å². The van der Waals surface area contributed by atoms with Crippen molar-refractivity contribution >= 4 is 22.0 Å². The number of hydrogen-bond acceptors (Lipinski definition) is 5. The second kappa shape index (κ2) is 11.3. The van der Waals surface area contributed by atoms with Crippen LogP contribution in [-0.4, -0.2) is 71.0 Å². The van der Waals surface area contributed by atoms with E-state index in [1.165, 1.54) is 5.56 Å². The molecule has 6 nitrogen and oxygen atoms in total. The van der Waals surface area contributed by atoms with Gasteiger partial charge in [-0.1, -0.05) is 46.3 Å². The van der Waals surface area contributed by atoms with E-state index in [2.05, 4.69) is 45.1 Å². The van der Waals surface area contributed by atoms with E-state index in [-0.39, 0.29) is 24.8 Å².